The summed E-state index contributed by atoms with van der Waals surface area (Å²) in [5, 5.41) is 0. The highest BCUT2D eigenvalue weighted by atomic mass is 16.2. The molecule has 1 rings (SSSR count). The number of urea groups is 1. The van der Waals surface area contributed by atoms with Gasteiger partial charge in [-0.1, -0.05) is 0 Å². The van der Waals surface area contributed by atoms with Crippen LogP contribution in [0.3, 0.4) is 0 Å². The summed E-state index contributed by atoms with van der Waals surface area (Å²) in [6.07, 6.45) is 0.0903. The molecular formula is C6H13N3O. The lowest BCUT2D eigenvalue weighted by Gasteiger charge is -2.48. The van der Waals surface area contributed by atoms with Gasteiger partial charge in [0.2, 0.25) is 0 Å². The zero-order valence-corrected chi connectivity index (χ0v) is 6.53. The highest BCUT2D eigenvalue weighted by Gasteiger charge is 2.40. The monoisotopic (exact) mass is 143 g/mol. The molecule has 10 heavy (non-hydrogen) atoms. The number of nitrogens with two attached hydrogens (primary N) is 1. The number of carbonyl (C=O) groups is 1. The molecule has 1 unspecified atom stereocenters. The number of likely N-dealkylation sites (N-methyl/N-ethyl adjacent to an activating group) is 2. The quantitative estimate of drug-likeness (QED) is 0.545. The zero-order chi connectivity index (χ0) is 7.89. The van der Waals surface area contributed by atoms with E-state index in [2.05, 4.69) is 0 Å². The van der Waals surface area contributed by atoms with E-state index in [9.17, 15) is 4.79 Å². The van der Waals surface area contributed by atoms with Crippen molar-refractivity contribution < 1.29 is 4.79 Å². The minimum atomic E-state index is 0.0210. The van der Waals surface area contributed by atoms with E-state index in [1.807, 2.05) is 6.92 Å². The first-order chi connectivity index (χ1) is 4.55. The maximum atomic E-state index is 10.9. The van der Waals surface area contributed by atoms with Gasteiger partial charge in [-0.05, 0) is 6.92 Å². The minimum Gasteiger partial charge on any atom is -0.325 e. The Balaban J connectivity index is 2.57. The molecule has 1 heterocycles. The second-order valence-electron chi connectivity index (χ2n) is 2.78. The molecule has 0 saturated carbocycles. The van der Waals surface area contributed by atoms with Crippen molar-refractivity contribution in [3.05, 3.63) is 0 Å². The summed E-state index contributed by atoms with van der Waals surface area (Å²) in [5.74, 6) is 0. The van der Waals surface area contributed by atoms with Crippen molar-refractivity contribution in [2.45, 2.75) is 19.1 Å². The Bertz CT molecular complexity index is 145. The van der Waals surface area contributed by atoms with Gasteiger partial charge in [0.15, 0.2) is 0 Å². The first kappa shape index (κ1) is 7.34. The third-order valence-electron chi connectivity index (χ3n) is 1.87. The molecule has 1 fully saturated rings. The number of nitrogens with zero attached hydrogens (tertiary/aromatic N) is 2. The van der Waals surface area contributed by atoms with E-state index in [0.29, 0.717) is 0 Å². The van der Waals surface area contributed by atoms with Gasteiger partial charge in [0.25, 0.3) is 0 Å². The largest absolute Gasteiger partial charge is 0.325 e. The third-order valence-corrected chi connectivity index (χ3v) is 1.87. The van der Waals surface area contributed by atoms with Crippen molar-refractivity contribution in [3.63, 3.8) is 0 Å². The Labute approximate surface area is 60.6 Å². The van der Waals surface area contributed by atoms with E-state index in [1.165, 1.54) is 0 Å². The molecule has 1 saturated heterocycles. The van der Waals surface area contributed by atoms with Crippen LogP contribution in [0, 0.1) is 0 Å². The van der Waals surface area contributed by atoms with Crippen molar-refractivity contribution in [3.8, 4) is 0 Å². The Hall–Kier alpha value is -0.770. The van der Waals surface area contributed by atoms with Gasteiger partial charge in [0, 0.05) is 20.1 Å². The average Bonchev–Trinajstić information content (AvgIpc) is 1.87. The average molecular weight is 143 g/mol. The molecule has 4 nitrogen and oxygen atoms in total. The van der Waals surface area contributed by atoms with E-state index >= 15 is 0 Å². The number of rotatable bonds is 1. The van der Waals surface area contributed by atoms with Crippen molar-refractivity contribution in [1.82, 2.24) is 9.80 Å². The van der Waals surface area contributed by atoms with Crippen LogP contribution in [0.1, 0.15) is 6.92 Å². The van der Waals surface area contributed by atoms with Gasteiger partial charge in [0.1, 0.15) is 6.17 Å². The molecule has 0 bridgehead atoms. The maximum Gasteiger partial charge on any atom is 0.322 e. The van der Waals surface area contributed by atoms with Gasteiger partial charge in [-0.15, -0.1) is 0 Å². The molecule has 2 amide bonds. The number of carbonyl (C=O) groups excluding carboxylic acids is 1. The van der Waals surface area contributed by atoms with Crippen molar-refractivity contribution in [1.29, 1.82) is 0 Å². The lowest BCUT2D eigenvalue weighted by Crippen LogP contribution is -2.69. The molecule has 0 aliphatic carbocycles. The lowest BCUT2D eigenvalue weighted by atomic mass is 10.2. The van der Waals surface area contributed by atoms with E-state index in [1.54, 1.807) is 23.9 Å². The summed E-state index contributed by atoms with van der Waals surface area (Å²) >= 11 is 0. The van der Waals surface area contributed by atoms with Crippen LogP contribution in [0.4, 0.5) is 4.79 Å². The SMILES string of the molecule is CC(N)C1N(C)C(=O)N1C. The van der Waals surface area contributed by atoms with E-state index in [4.69, 9.17) is 5.73 Å². The fourth-order valence-corrected chi connectivity index (χ4v) is 1.38. The molecule has 58 valence electrons. The van der Waals surface area contributed by atoms with Crippen LogP contribution < -0.4 is 5.73 Å². The molecule has 2 N–H and O–H groups in total. The third kappa shape index (κ3) is 0.759. The number of hydrogen-bond acceptors (Lipinski definition) is 2. The molecule has 4 heteroatoms. The molecule has 0 radical (unpaired) electrons. The second-order valence-corrected chi connectivity index (χ2v) is 2.78. The van der Waals surface area contributed by atoms with E-state index in [-0.39, 0.29) is 18.2 Å². The predicted molar refractivity (Wildman–Crippen MR) is 38.4 cm³/mol. The van der Waals surface area contributed by atoms with Crippen molar-refractivity contribution in [2.24, 2.45) is 5.73 Å². The first-order valence-corrected chi connectivity index (χ1v) is 3.31. The molecule has 0 aromatic carbocycles. The van der Waals surface area contributed by atoms with Gasteiger partial charge >= 0.3 is 6.03 Å². The normalized spacial score (nSPS) is 23.0. The van der Waals surface area contributed by atoms with Crippen LogP contribution >= 0.6 is 0 Å². The van der Waals surface area contributed by atoms with E-state index in [0.717, 1.165) is 0 Å². The predicted octanol–water partition coefficient (Wildman–Crippen LogP) is -0.343. The summed E-state index contributed by atoms with van der Waals surface area (Å²) in [6.45, 7) is 1.89. The molecule has 1 aliphatic rings. The zero-order valence-electron chi connectivity index (χ0n) is 6.53. The van der Waals surface area contributed by atoms with Crippen LogP contribution in [-0.4, -0.2) is 42.1 Å². The van der Waals surface area contributed by atoms with Crippen LogP contribution in [0.15, 0.2) is 0 Å². The Morgan fingerprint density at radius 3 is 2.10 bits per heavy atom. The summed E-state index contributed by atoms with van der Waals surface area (Å²) < 4.78 is 0. The minimum absolute atomic E-state index is 0.0210. The lowest BCUT2D eigenvalue weighted by molar-refractivity contribution is 0.0139. The van der Waals surface area contributed by atoms with Gasteiger partial charge in [-0.2, -0.15) is 0 Å². The molecule has 1 aliphatic heterocycles. The molecule has 0 aromatic heterocycles. The highest BCUT2D eigenvalue weighted by molar-refractivity contribution is 5.80. The summed E-state index contributed by atoms with van der Waals surface area (Å²) in [6, 6.07) is 0.0648. The van der Waals surface area contributed by atoms with Gasteiger partial charge in [0.05, 0.1) is 0 Å². The van der Waals surface area contributed by atoms with Crippen LogP contribution in [-0.2, 0) is 0 Å². The van der Waals surface area contributed by atoms with Gasteiger partial charge < -0.3 is 15.5 Å². The Kier molecular flexibility index (Phi) is 1.56. The van der Waals surface area contributed by atoms with E-state index < -0.39 is 0 Å². The maximum absolute atomic E-state index is 10.9. The number of amides is 2. The molecule has 1 atom stereocenters. The first-order valence-electron chi connectivity index (χ1n) is 3.31. The fraction of sp³-hybridized carbons (Fsp3) is 0.833. The van der Waals surface area contributed by atoms with Crippen LogP contribution in [0.25, 0.3) is 0 Å². The summed E-state index contributed by atoms with van der Waals surface area (Å²) in [4.78, 5) is 14.2. The van der Waals surface area contributed by atoms with Crippen LogP contribution in [0.2, 0.25) is 0 Å². The standard InChI is InChI=1S/C6H13N3O/c1-4(7)5-8(2)6(10)9(5)3/h4-5H,7H2,1-3H3. The fourth-order valence-electron chi connectivity index (χ4n) is 1.38. The molecule has 0 aromatic rings. The van der Waals surface area contributed by atoms with Crippen molar-refractivity contribution in [2.75, 3.05) is 14.1 Å². The van der Waals surface area contributed by atoms with Gasteiger partial charge in [-0.25, -0.2) is 4.79 Å². The van der Waals surface area contributed by atoms with Gasteiger partial charge in [-0.3, -0.25) is 0 Å². The molecular weight excluding hydrogens is 130 g/mol. The summed E-state index contributed by atoms with van der Waals surface area (Å²) in [7, 11) is 3.52. The van der Waals surface area contributed by atoms with Crippen molar-refractivity contribution >= 4 is 6.03 Å². The Morgan fingerprint density at radius 2 is 1.90 bits per heavy atom. The smallest absolute Gasteiger partial charge is 0.322 e. The highest BCUT2D eigenvalue weighted by Crippen LogP contribution is 2.18. The Morgan fingerprint density at radius 1 is 1.50 bits per heavy atom. The molecule has 0 spiro atoms. The topological polar surface area (TPSA) is 49.6 Å². The number of hydrogen-bond donors (Lipinski definition) is 1. The second kappa shape index (κ2) is 2.12. The van der Waals surface area contributed by atoms with Crippen LogP contribution in [0.5, 0.6) is 0 Å². The summed E-state index contributed by atoms with van der Waals surface area (Å²) in [5.41, 5.74) is 5.61.